The van der Waals surface area contributed by atoms with Crippen LogP contribution in [0.15, 0.2) is 64.2 Å². The van der Waals surface area contributed by atoms with Gasteiger partial charge in [0.05, 0.1) is 11.3 Å². The van der Waals surface area contributed by atoms with Crippen LogP contribution < -0.4 is 0 Å². The van der Waals surface area contributed by atoms with Crippen molar-refractivity contribution in [2.24, 2.45) is 5.16 Å². The lowest BCUT2D eigenvalue weighted by atomic mass is 9.84. The number of benzene rings is 3. The highest BCUT2D eigenvalue weighted by Crippen LogP contribution is 2.50. The van der Waals surface area contributed by atoms with Crippen LogP contribution in [0, 0.1) is 6.92 Å². The summed E-state index contributed by atoms with van der Waals surface area (Å²) in [7, 11) is 0. The quantitative estimate of drug-likeness (QED) is 0.333. The van der Waals surface area contributed by atoms with E-state index >= 15 is 0 Å². The smallest absolute Gasteiger partial charge is 0.374 e. The Morgan fingerprint density at radius 3 is 2.26 bits per heavy atom. The molecule has 1 aliphatic rings. The Labute approximate surface area is 181 Å². The van der Waals surface area contributed by atoms with Crippen molar-refractivity contribution >= 4 is 32.4 Å². The van der Waals surface area contributed by atoms with Gasteiger partial charge in [-0.15, -0.1) is 0 Å². The van der Waals surface area contributed by atoms with Crippen LogP contribution in [0.1, 0.15) is 28.7 Å². The molecule has 1 heterocycles. The number of hydrogen-bond donors (Lipinski definition) is 0. The minimum Gasteiger partial charge on any atom is -0.374 e. The standard InChI is InChI=1S/C22H14BrF6NO/c1-12-8-13(10-14(9-12)21(24,25)26)20(22(27,28)29)11-19(30-31-20)17-6-7-18(23)16-5-3-2-4-15(16)17/h2-10H,11H2,1H3. The molecule has 162 valence electrons. The SMILES string of the molecule is Cc1cc(C(F)(F)F)cc(C2(C(F)(F)F)CC(c3ccc(Br)c4ccccc34)=NO2)c1. The van der Waals surface area contributed by atoms with E-state index in [1.165, 1.54) is 6.92 Å². The van der Waals surface area contributed by atoms with Crippen molar-refractivity contribution in [2.75, 3.05) is 0 Å². The third-order valence-corrected chi connectivity index (χ3v) is 5.93. The molecule has 3 aromatic rings. The third-order valence-electron chi connectivity index (χ3n) is 5.24. The Balaban J connectivity index is 1.84. The number of halogens is 7. The van der Waals surface area contributed by atoms with Crippen molar-refractivity contribution in [2.45, 2.75) is 31.3 Å². The first-order chi connectivity index (χ1) is 14.4. The van der Waals surface area contributed by atoms with E-state index in [0.29, 0.717) is 17.0 Å². The molecule has 2 nitrogen and oxygen atoms in total. The first-order valence-corrected chi connectivity index (χ1v) is 9.90. The summed E-state index contributed by atoms with van der Waals surface area (Å²) < 4.78 is 83.2. The summed E-state index contributed by atoms with van der Waals surface area (Å²) in [6.45, 7) is 1.31. The highest BCUT2D eigenvalue weighted by molar-refractivity contribution is 9.10. The van der Waals surface area contributed by atoms with Gasteiger partial charge in [0.25, 0.3) is 5.60 Å². The molecule has 0 fully saturated rings. The highest BCUT2D eigenvalue weighted by Gasteiger charge is 2.62. The average Bonchev–Trinajstić information content (AvgIpc) is 3.14. The first-order valence-electron chi connectivity index (χ1n) is 9.11. The number of aryl methyl sites for hydroxylation is 1. The molecule has 0 spiro atoms. The van der Waals surface area contributed by atoms with Gasteiger partial charge >= 0.3 is 12.4 Å². The fourth-order valence-electron chi connectivity index (χ4n) is 3.74. The molecule has 1 aliphatic heterocycles. The Bertz CT molecular complexity index is 1200. The molecule has 0 saturated heterocycles. The number of rotatable bonds is 2. The number of nitrogens with zero attached hydrogens (tertiary/aromatic N) is 1. The molecular weight excluding hydrogens is 488 g/mol. The third kappa shape index (κ3) is 3.69. The maximum atomic E-state index is 14.2. The van der Waals surface area contributed by atoms with Crippen molar-refractivity contribution in [3.05, 3.63) is 81.3 Å². The van der Waals surface area contributed by atoms with Crippen LogP contribution in [0.2, 0.25) is 0 Å². The summed E-state index contributed by atoms with van der Waals surface area (Å²) >= 11 is 3.41. The molecule has 0 radical (unpaired) electrons. The van der Waals surface area contributed by atoms with E-state index in [-0.39, 0.29) is 11.3 Å². The predicted octanol–water partition coefficient (Wildman–Crippen LogP) is 7.51. The fourth-order valence-corrected chi connectivity index (χ4v) is 4.22. The highest BCUT2D eigenvalue weighted by atomic mass is 79.9. The predicted molar refractivity (Wildman–Crippen MR) is 108 cm³/mol. The molecular formula is C22H14BrF6NO. The van der Waals surface area contributed by atoms with Crippen LogP contribution in [0.4, 0.5) is 26.3 Å². The Kier molecular flexibility index (Phi) is 5.07. The van der Waals surface area contributed by atoms with E-state index in [0.717, 1.165) is 22.0 Å². The van der Waals surface area contributed by atoms with Crippen molar-refractivity contribution in [1.82, 2.24) is 0 Å². The Morgan fingerprint density at radius 2 is 1.61 bits per heavy atom. The maximum Gasteiger partial charge on any atom is 0.435 e. The lowest BCUT2D eigenvalue weighted by molar-refractivity contribution is -0.276. The number of oxime groups is 1. The molecule has 0 aromatic heterocycles. The van der Waals surface area contributed by atoms with Crippen LogP contribution in [0.3, 0.4) is 0 Å². The van der Waals surface area contributed by atoms with Gasteiger partial charge in [0.1, 0.15) is 0 Å². The van der Waals surface area contributed by atoms with Crippen LogP contribution in [0.25, 0.3) is 10.8 Å². The Hall–Kier alpha value is -2.55. The number of fused-ring (bicyclic) bond motifs is 1. The van der Waals surface area contributed by atoms with E-state index in [9.17, 15) is 26.3 Å². The molecule has 9 heteroatoms. The molecule has 4 rings (SSSR count). The van der Waals surface area contributed by atoms with E-state index in [4.69, 9.17) is 4.84 Å². The zero-order valence-electron chi connectivity index (χ0n) is 15.9. The first kappa shape index (κ1) is 21.7. The van der Waals surface area contributed by atoms with Gasteiger partial charge in [0, 0.05) is 22.0 Å². The second-order valence-electron chi connectivity index (χ2n) is 7.36. The van der Waals surface area contributed by atoms with E-state index in [2.05, 4.69) is 21.1 Å². The van der Waals surface area contributed by atoms with Gasteiger partial charge in [0.15, 0.2) is 0 Å². The van der Waals surface area contributed by atoms with Crippen LogP contribution in [-0.2, 0) is 16.6 Å². The summed E-state index contributed by atoms with van der Waals surface area (Å²) in [5, 5.41) is 5.12. The van der Waals surface area contributed by atoms with Crippen LogP contribution >= 0.6 is 15.9 Å². The minimum atomic E-state index is -5.00. The van der Waals surface area contributed by atoms with Gasteiger partial charge < -0.3 is 4.84 Å². The normalized spacial score (nSPS) is 19.4. The van der Waals surface area contributed by atoms with Crippen LogP contribution in [0.5, 0.6) is 0 Å². The van der Waals surface area contributed by atoms with E-state index in [1.807, 2.05) is 0 Å². The topological polar surface area (TPSA) is 21.6 Å². The van der Waals surface area contributed by atoms with Crippen molar-refractivity contribution < 1.29 is 31.2 Å². The molecule has 0 saturated carbocycles. The van der Waals surface area contributed by atoms with Gasteiger partial charge in [-0.1, -0.05) is 63.0 Å². The second kappa shape index (κ2) is 7.25. The molecule has 0 bridgehead atoms. The number of hydrogen-bond acceptors (Lipinski definition) is 2. The van der Waals surface area contributed by atoms with Crippen molar-refractivity contribution in [1.29, 1.82) is 0 Å². The average molecular weight is 502 g/mol. The van der Waals surface area contributed by atoms with Gasteiger partial charge in [-0.3, -0.25) is 0 Å². The summed E-state index contributed by atoms with van der Waals surface area (Å²) in [6.07, 6.45) is -10.5. The molecule has 0 aliphatic carbocycles. The van der Waals surface area contributed by atoms with Crippen molar-refractivity contribution in [3.63, 3.8) is 0 Å². The molecule has 1 unspecified atom stereocenters. The lowest BCUT2D eigenvalue weighted by Gasteiger charge is -2.30. The van der Waals surface area contributed by atoms with E-state index < -0.39 is 35.5 Å². The summed E-state index contributed by atoms with van der Waals surface area (Å²) in [4.78, 5) is 4.94. The van der Waals surface area contributed by atoms with Gasteiger partial charge in [0.2, 0.25) is 0 Å². The van der Waals surface area contributed by atoms with Gasteiger partial charge in [-0.2, -0.15) is 26.3 Å². The molecule has 3 aromatic carbocycles. The lowest BCUT2D eigenvalue weighted by Crippen LogP contribution is -2.43. The van der Waals surface area contributed by atoms with Crippen LogP contribution in [-0.4, -0.2) is 11.9 Å². The second-order valence-corrected chi connectivity index (χ2v) is 8.21. The largest absolute Gasteiger partial charge is 0.435 e. The molecule has 31 heavy (non-hydrogen) atoms. The van der Waals surface area contributed by atoms with Crippen molar-refractivity contribution in [3.8, 4) is 0 Å². The fraction of sp³-hybridized carbons (Fsp3) is 0.227. The molecule has 0 N–H and O–H groups in total. The Morgan fingerprint density at radius 1 is 0.935 bits per heavy atom. The monoisotopic (exact) mass is 501 g/mol. The summed E-state index contributed by atoms with van der Waals surface area (Å²) in [6, 6.07) is 12.7. The summed E-state index contributed by atoms with van der Waals surface area (Å²) in [5.41, 5.74) is -4.34. The van der Waals surface area contributed by atoms with Gasteiger partial charge in [-0.25, -0.2) is 0 Å². The zero-order chi connectivity index (χ0) is 22.6. The zero-order valence-corrected chi connectivity index (χ0v) is 17.5. The molecule has 0 amide bonds. The van der Waals surface area contributed by atoms with E-state index in [1.54, 1.807) is 36.4 Å². The number of alkyl halides is 6. The summed E-state index contributed by atoms with van der Waals surface area (Å²) in [5.74, 6) is 0. The maximum absolute atomic E-state index is 14.2. The van der Waals surface area contributed by atoms with Gasteiger partial charge in [-0.05, 0) is 35.9 Å². The minimum absolute atomic E-state index is 0.0103. The molecule has 1 atom stereocenters.